The third-order valence-electron chi connectivity index (χ3n) is 6.59. The van der Waals surface area contributed by atoms with Crippen LogP contribution in [0, 0.1) is 0 Å². The van der Waals surface area contributed by atoms with E-state index in [-0.39, 0.29) is 0 Å². The van der Waals surface area contributed by atoms with Crippen LogP contribution < -0.4 is 0 Å². The van der Waals surface area contributed by atoms with Gasteiger partial charge in [0.15, 0.2) is 0 Å². The molecule has 0 nitrogen and oxygen atoms in total. The third-order valence-corrected chi connectivity index (χ3v) is 6.59. The molecule has 0 aromatic heterocycles. The lowest BCUT2D eigenvalue weighted by Crippen LogP contribution is -1.84. The van der Waals surface area contributed by atoms with E-state index in [0.717, 1.165) is 6.42 Å². The molecule has 0 amide bonds. The van der Waals surface area contributed by atoms with Crippen molar-refractivity contribution in [3.8, 4) is 11.1 Å². The van der Waals surface area contributed by atoms with Crippen molar-refractivity contribution in [2.45, 2.75) is 6.42 Å². The lowest BCUT2D eigenvalue weighted by Gasteiger charge is -2.11. The Morgan fingerprint density at radius 1 is 0.414 bits per heavy atom. The summed E-state index contributed by atoms with van der Waals surface area (Å²) in [4.78, 5) is 0. The van der Waals surface area contributed by atoms with Crippen molar-refractivity contribution in [3.63, 3.8) is 0 Å². The minimum Gasteiger partial charge on any atom is -0.0616 e. The SMILES string of the molecule is c1ccc2cc3c4c(ccc3cc2c1)Cc1cc2ccc3ccccc3c2cc1-4. The maximum Gasteiger partial charge on any atom is -0.00130 e. The van der Waals surface area contributed by atoms with E-state index in [9.17, 15) is 0 Å². The van der Waals surface area contributed by atoms with E-state index >= 15 is 0 Å². The highest BCUT2D eigenvalue weighted by atomic mass is 14.3. The number of fused-ring (bicyclic) bond motifs is 9. The first-order valence-corrected chi connectivity index (χ1v) is 10.2. The Balaban J connectivity index is 1.61. The molecule has 0 saturated carbocycles. The predicted molar refractivity (Wildman–Crippen MR) is 125 cm³/mol. The van der Waals surface area contributed by atoms with Crippen LogP contribution in [-0.4, -0.2) is 0 Å². The van der Waals surface area contributed by atoms with E-state index in [1.165, 1.54) is 65.3 Å². The lowest BCUT2D eigenvalue weighted by atomic mass is 9.93. The highest BCUT2D eigenvalue weighted by Gasteiger charge is 2.22. The third kappa shape index (κ3) is 2.09. The summed E-state index contributed by atoms with van der Waals surface area (Å²) >= 11 is 0. The molecule has 1 aliphatic rings. The summed E-state index contributed by atoms with van der Waals surface area (Å²) in [7, 11) is 0. The second kappa shape index (κ2) is 5.46. The van der Waals surface area contributed by atoms with Crippen molar-refractivity contribution in [1.29, 1.82) is 0 Å². The molecule has 0 heterocycles. The topological polar surface area (TPSA) is 0 Å². The maximum atomic E-state index is 2.44. The van der Waals surface area contributed by atoms with Crippen molar-refractivity contribution in [3.05, 3.63) is 108 Å². The van der Waals surface area contributed by atoms with Gasteiger partial charge >= 0.3 is 0 Å². The Bertz CT molecular complexity index is 1620. The van der Waals surface area contributed by atoms with Gasteiger partial charge < -0.3 is 0 Å². The molecule has 0 radical (unpaired) electrons. The summed E-state index contributed by atoms with van der Waals surface area (Å²) < 4.78 is 0. The minimum absolute atomic E-state index is 1.02. The van der Waals surface area contributed by atoms with Crippen LogP contribution in [-0.2, 0) is 6.42 Å². The first-order valence-electron chi connectivity index (χ1n) is 10.2. The van der Waals surface area contributed by atoms with Crippen LogP contribution in [0.3, 0.4) is 0 Å². The molecule has 7 rings (SSSR count). The second-order valence-electron chi connectivity index (χ2n) is 8.21. The molecule has 0 aliphatic heterocycles. The first kappa shape index (κ1) is 15.3. The maximum absolute atomic E-state index is 2.44. The molecular formula is C29H18. The second-order valence-corrected chi connectivity index (χ2v) is 8.21. The molecule has 6 aromatic carbocycles. The minimum atomic E-state index is 1.02. The zero-order valence-corrected chi connectivity index (χ0v) is 15.9. The van der Waals surface area contributed by atoms with Gasteiger partial charge in [0.2, 0.25) is 0 Å². The van der Waals surface area contributed by atoms with Crippen LogP contribution in [0.1, 0.15) is 11.1 Å². The fourth-order valence-corrected chi connectivity index (χ4v) is 5.21. The average molecular weight is 366 g/mol. The van der Waals surface area contributed by atoms with Crippen LogP contribution in [0.25, 0.3) is 54.2 Å². The Labute approximate surface area is 169 Å². The van der Waals surface area contributed by atoms with Gasteiger partial charge in [0.25, 0.3) is 0 Å². The first-order chi connectivity index (χ1) is 14.3. The summed E-state index contributed by atoms with van der Waals surface area (Å²) in [5, 5.41) is 10.7. The molecule has 0 fully saturated rings. The Morgan fingerprint density at radius 2 is 1.10 bits per heavy atom. The van der Waals surface area contributed by atoms with Gasteiger partial charge in [-0.15, -0.1) is 0 Å². The molecule has 0 bridgehead atoms. The summed E-state index contributed by atoms with van der Waals surface area (Å²) in [6, 6.07) is 36.1. The van der Waals surface area contributed by atoms with E-state index in [4.69, 9.17) is 0 Å². The molecule has 6 aromatic rings. The largest absolute Gasteiger partial charge is 0.0616 e. The van der Waals surface area contributed by atoms with Crippen LogP contribution in [0.2, 0.25) is 0 Å². The van der Waals surface area contributed by atoms with Gasteiger partial charge in [0.1, 0.15) is 0 Å². The quantitative estimate of drug-likeness (QED) is 0.189. The fourth-order valence-electron chi connectivity index (χ4n) is 5.21. The average Bonchev–Trinajstić information content (AvgIpc) is 3.14. The number of rotatable bonds is 0. The molecule has 0 heteroatoms. The standard InChI is InChI=1S/C29H18/c1-2-7-20-16-27-22(13-19(20)6-1)11-12-23-15-24-14-21-10-9-18-5-3-4-8-25(18)26(21)17-28(24)29(23)27/h1-14,16-17H,15H2. The van der Waals surface area contributed by atoms with Gasteiger partial charge in [-0.25, -0.2) is 0 Å². The van der Waals surface area contributed by atoms with Crippen molar-refractivity contribution >= 4 is 43.1 Å². The van der Waals surface area contributed by atoms with Gasteiger partial charge in [-0.1, -0.05) is 78.9 Å². The van der Waals surface area contributed by atoms with Crippen LogP contribution >= 0.6 is 0 Å². The Morgan fingerprint density at radius 3 is 2.00 bits per heavy atom. The Hall–Kier alpha value is -3.64. The lowest BCUT2D eigenvalue weighted by molar-refractivity contribution is 1.27. The van der Waals surface area contributed by atoms with Crippen molar-refractivity contribution in [1.82, 2.24) is 0 Å². The molecule has 0 unspecified atom stereocenters. The van der Waals surface area contributed by atoms with Crippen LogP contribution in [0.4, 0.5) is 0 Å². The molecule has 1 aliphatic carbocycles. The molecule has 134 valence electrons. The molecule has 0 N–H and O–H groups in total. The highest BCUT2D eigenvalue weighted by molar-refractivity contribution is 6.13. The summed E-state index contributed by atoms with van der Waals surface area (Å²) in [6.07, 6.45) is 1.02. The molecular weight excluding hydrogens is 348 g/mol. The van der Waals surface area contributed by atoms with Gasteiger partial charge in [-0.3, -0.25) is 0 Å². The van der Waals surface area contributed by atoms with Crippen molar-refractivity contribution in [2.75, 3.05) is 0 Å². The van der Waals surface area contributed by atoms with Gasteiger partial charge in [0.05, 0.1) is 0 Å². The van der Waals surface area contributed by atoms with E-state index < -0.39 is 0 Å². The number of hydrogen-bond donors (Lipinski definition) is 0. The van der Waals surface area contributed by atoms with E-state index in [1.54, 1.807) is 0 Å². The molecule has 0 atom stereocenters. The van der Waals surface area contributed by atoms with Gasteiger partial charge in [-0.05, 0) is 90.0 Å². The molecule has 0 spiro atoms. The zero-order chi connectivity index (χ0) is 18.9. The van der Waals surface area contributed by atoms with Crippen molar-refractivity contribution < 1.29 is 0 Å². The van der Waals surface area contributed by atoms with Gasteiger partial charge in [-0.2, -0.15) is 0 Å². The van der Waals surface area contributed by atoms with E-state index in [2.05, 4.69) is 97.1 Å². The molecule has 0 saturated heterocycles. The molecule has 29 heavy (non-hydrogen) atoms. The zero-order valence-electron chi connectivity index (χ0n) is 15.9. The number of benzene rings is 6. The van der Waals surface area contributed by atoms with Crippen molar-refractivity contribution in [2.24, 2.45) is 0 Å². The smallest absolute Gasteiger partial charge is 0.00130 e. The summed E-state index contributed by atoms with van der Waals surface area (Å²) in [5.74, 6) is 0. The highest BCUT2D eigenvalue weighted by Crippen LogP contribution is 2.44. The summed E-state index contributed by atoms with van der Waals surface area (Å²) in [6.45, 7) is 0. The predicted octanol–water partition coefficient (Wildman–Crippen LogP) is 7.87. The van der Waals surface area contributed by atoms with E-state index in [0.29, 0.717) is 0 Å². The number of hydrogen-bond acceptors (Lipinski definition) is 0. The fraction of sp³-hybridized carbons (Fsp3) is 0.0345. The Kier molecular flexibility index (Phi) is 2.88. The monoisotopic (exact) mass is 366 g/mol. The van der Waals surface area contributed by atoms with E-state index in [1.807, 2.05) is 0 Å². The normalized spacial score (nSPS) is 12.7. The summed E-state index contributed by atoms with van der Waals surface area (Å²) in [5.41, 5.74) is 5.73. The van der Waals surface area contributed by atoms with Crippen LogP contribution in [0.15, 0.2) is 97.1 Å². The van der Waals surface area contributed by atoms with Gasteiger partial charge in [0, 0.05) is 0 Å². The van der Waals surface area contributed by atoms with Crippen LogP contribution in [0.5, 0.6) is 0 Å².